The molecule has 5 heteroatoms. The highest BCUT2D eigenvalue weighted by atomic mass is 35.5. The van der Waals surface area contributed by atoms with Gasteiger partial charge in [-0.2, -0.15) is 0 Å². The molecule has 1 unspecified atom stereocenters. The maximum absolute atomic E-state index is 6.28. The maximum atomic E-state index is 6.28. The fourth-order valence-corrected chi connectivity index (χ4v) is 2.71. The molecule has 2 rings (SSSR count). The Morgan fingerprint density at radius 2 is 2.10 bits per heavy atom. The first-order valence-electron chi connectivity index (χ1n) is 6.98. The maximum Gasteiger partial charge on any atom is 0.0453 e. The second-order valence-corrected chi connectivity index (χ2v) is 5.79. The summed E-state index contributed by atoms with van der Waals surface area (Å²) in [4.78, 5) is 4.18. The minimum absolute atomic E-state index is 0.0809. The number of nitrogen functional groups attached to an aromatic ring is 1. The van der Waals surface area contributed by atoms with Gasteiger partial charge in [-0.25, -0.2) is 0 Å². The molecule has 0 saturated heterocycles. The van der Waals surface area contributed by atoms with Crippen molar-refractivity contribution in [1.82, 2.24) is 10.3 Å². The number of hydrogen-bond donors (Lipinski definition) is 2. The van der Waals surface area contributed by atoms with Crippen LogP contribution < -0.4 is 11.1 Å². The highest BCUT2D eigenvalue weighted by molar-refractivity contribution is 6.35. The van der Waals surface area contributed by atoms with Crippen LogP contribution in [-0.2, 0) is 6.42 Å². The van der Waals surface area contributed by atoms with E-state index in [1.807, 2.05) is 24.4 Å². The predicted molar refractivity (Wildman–Crippen MR) is 89.9 cm³/mol. The van der Waals surface area contributed by atoms with Gasteiger partial charge >= 0.3 is 0 Å². The van der Waals surface area contributed by atoms with Gasteiger partial charge in [0.15, 0.2) is 0 Å². The fraction of sp³-hybridized carbons (Fsp3) is 0.312. The lowest BCUT2D eigenvalue weighted by Gasteiger charge is -2.21. The Labute approximate surface area is 135 Å². The molecule has 0 aliphatic heterocycles. The Bertz CT molecular complexity index is 602. The van der Waals surface area contributed by atoms with Gasteiger partial charge in [-0.05, 0) is 43.1 Å². The Morgan fingerprint density at radius 1 is 1.29 bits per heavy atom. The number of benzene rings is 1. The molecule has 21 heavy (non-hydrogen) atoms. The molecular weight excluding hydrogens is 305 g/mol. The third-order valence-corrected chi connectivity index (χ3v) is 3.93. The summed E-state index contributed by atoms with van der Waals surface area (Å²) in [6, 6.07) is 7.48. The number of anilines is 1. The first-order valence-corrected chi connectivity index (χ1v) is 7.74. The van der Waals surface area contributed by atoms with Crippen LogP contribution >= 0.6 is 23.2 Å². The summed E-state index contributed by atoms with van der Waals surface area (Å²) in [7, 11) is 0. The second-order valence-electron chi connectivity index (χ2n) is 4.95. The monoisotopic (exact) mass is 323 g/mol. The summed E-state index contributed by atoms with van der Waals surface area (Å²) in [5.74, 6) is 0. The topological polar surface area (TPSA) is 50.9 Å². The Balaban J connectivity index is 2.26. The smallest absolute Gasteiger partial charge is 0.0453 e. The molecule has 3 nitrogen and oxygen atoms in total. The van der Waals surface area contributed by atoms with Gasteiger partial charge in [-0.15, -0.1) is 0 Å². The zero-order valence-corrected chi connectivity index (χ0v) is 13.5. The van der Waals surface area contributed by atoms with Gasteiger partial charge in [0.05, 0.1) is 0 Å². The first-order chi connectivity index (χ1) is 10.1. The molecule has 0 radical (unpaired) electrons. The highest BCUT2D eigenvalue weighted by Crippen LogP contribution is 2.28. The molecule has 1 aromatic heterocycles. The predicted octanol–water partition coefficient (Wildman–Crippen LogP) is 4.25. The highest BCUT2D eigenvalue weighted by Gasteiger charge is 2.16. The van der Waals surface area contributed by atoms with Gasteiger partial charge in [0, 0.05) is 39.7 Å². The van der Waals surface area contributed by atoms with Crippen LogP contribution in [0, 0.1) is 0 Å². The average Bonchev–Trinajstić information content (AvgIpc) is 2.46. The SMILES string of the molecule is CCCNC(Cc1ccc(Cl)cc1Cl)c1cnccc1N. The average molecular weight is 324 g/mol. The molecule has 1 heterocycles. The van der Waals surface area contributed by atoms with E-state index in [2.05, 4.69) is 17.2 Å². The molecule has 0 fully saturated rings. The van der Waals surface area contributed by atoms with Crippen molar-refractivity contribution in [3.63, 3.8) is 0 Å². The number of aromatic nitrogens is 1. The third-order valence-electron chi connectivity index (χ3n) is 3.34. The van der Waals surface area contributed by atoms with Gasteiger partial charge in [0.2, 0.25) is 0 Å². The molecule has 0 amide bonds. The van der Waals surface area contributed by atoms with E-state index in [4.69, 9.17) is 28.9 Å². The summed E-state index contributed by atoms with van der Waals surface area (Å²) >= 11 is 12.2. The number of rotatable bonds is 6. The number of nitrogens with two attached hydrogens (primary N) is 1. The summed E-state index contributed by atoms with van der Waals surface area (Å²) < 4.78 is 0. The Morgan fingerprint density at radius 3 is 2.76 bits per heavy atom. The van der Waals surface area contributed by atoms with E-state index in [1.54, 1.807) is 12.3 Å². The Kier molecular flexibility index (Phi) is 5.85. The normalized spacial score (nSPS) is 12.3. The van der Waals surface area contributed by atoms with Crippen LogP contribution in [0.5, 0.6) is 0 Å². The van der Waals surface area contributed by atoms with Crippen molar-refractivity contribution in [3.8, 4) is 0 Å². The van der Waals surface area contributed by atoms with Crippen LogP contribution in [-0.4, -0.2) is 11.5 Å². The minimum Gasteiger partial charge on any atom is -0.398 e. The third kappa shape index (κ3) is 4.34. The van der Waals surface area contributed by atoms with Crippen LogP contribution in [0.3, 0.4) is 0 Å². The first kappa shape index (κ1) is 16.1. The molecule has 112 valence electrons. The van der Waals surface area contributed by atoms with Crippen molar-refractivity contribution < 1.29 is 0 Å². The summed E-state index contributed by atoms with van der Waals surface area (Å²) in [6.45, 7) is 3.04. The summed E-state index contributed by atoms with van der Waals surface area (Å²) in [5, 5.41) is 4.82. The van der Waals surface area contributed by atoms with Crippen molar-refractivity contribution in [2.75, 3.05) is 12.3 Å². The van der Waals surface area contributed by atoms with E-state index in [0.717, 1.165) is 36.2 Å². The Hall–Kier alpha value is -1.29. The molecule has 2 aromatic rings. The zero-order chi connectivity index (χ0) is 15.2. The van der Waals surface area contributed by atoms with Gasteiger partial charge in [-0.1, -0.05) is 36.2 Å². The molecule has 1 aromatic carbocycles. The van der Waals surface area contributed by atoms with E-state index in [1.165, 1.54) is 0 Å². The van der Waals surface area contributed by atoms with E-state index in [-0.39, 0.29) is 6.04 Å². The van der Waals surface area contributed by atoms with Crippen LogP contribution in [0.1, 0.15) is 30.5 Å². The lowest BCUT2D eigenvalue weighted by atomic mass is 9.98. The molecule has 0 spiro atoms. The number of nitrogens with one attached hydrogen (secondary N) is 1. The van der Waals surface area contributed by atoms with Crippen molar-refractivity contribution in [3.05, 3.63) is 57.8 Å². The van der Waals surface area contributed by atoms with E-state index in [9.17, 15) is 0 Å². The number of nitrogens with zero attached hydrogens (tertiary/aromatic N) is 1. The van der Waals surface area contributed by atoms with Crippen molar-refractivity contribution >= 4 is 28.9 Å². The standard InChI is InChI=1S/C16H19Cl2N3/c1-2-6-21-16(13-10-20-7-5-15(13)19)8-11-3-4-12(17)9-14(11)18/h3-5,7,9-10,16,21H,2,6,8H2,1H3,(H2,19,20). The molecule has 3 N–H and O–H groups in total. The number of pyridine rings is 1. The number of hydrogen-bond acceptors (Lipinski definition) is 3. The van der Waals surface area contributed by atoms with Crippen LogP contribution in [0.4, 0.5) is 5.69 Å². The van der Waals surface area contributed by atoms with Crippen LogP contribution in [0.2, 0.25) is 10.0 Å². The quantitative estimate of drug-likeness (QED) is 0.835. The van der Waals surface area contributed by atoms with Crippen molar-refractivity contribution in [2.45, 2.75) is 25.8 Å². The second kappa shape index (κ2) is 7.64. The summed E-state index contributed by atoms with van der Waals surface area (Å²) in [5.41, 5.74) is 8.85. The van der Waals surface area contributed by atoms with Crippen LogP contribution in [0.25, 0.3) is 0 Å². The minimum atomic E-state index is 0.0809. The zero-order valence-electron chi connectivity index (χ0n) is 11.9. The summed E-state index contributed by atoms with van der Waals surface area (Å²) in [6.07, 6.45) is 5.30. The molecule has 0 aliphatic rings. The van der Waals surface area contributed by atoms with Crippen LogP contribution in [0.15, 0.2) is 36.7 Å². The van der Waals surface area contributed by atoms with E-state index in [0.29, 0.717) is 10.0 Å². The molecule has 0 bridgehead atoms. The van der Waals surface area contributed by atoms with Crippen molar-refractivity contribution in [1.29, 1.82) is 0 Å². The van der Waals surface area contributed by atoms with Gasteiger partial charge in [-0.3, -0.25) is 4.98 Å². The van der Waals surface area contributed by atoms with E-state index < -0.39 is 0 Å². The lowest BCUT2D eigenvalue weighted by Crippen LogP contribution is -2.25. The van der Waals surface area contributed by atoms with Gasteiger partial charge in [0.25, 0.3) is 0 Å². The van der Waals surface area contributed by atoms with E-state index >= 15 is 0 Å². The molecule has 1 atom stereocenters. The van der Waals surface area contributed by atoms with Gasteiger partial charge < -0.3 is 11.1 Å². The van der Waals surface area contributed by atoms with Gasteiger partial charge in [0.1, 0.15) is 0 Å². The lowest BCUT2D eigenvalue weighted by molar-refractivity contribution is 0.529. The molecule has 0 saturated carbocycles. The largest absolute Gasteiger partial charge is 0.398 e. The molecule has 0 aliphatic carbocycles. The molecular formula is C16H19Cl2N3. The fourth-order valence-electron chi connectivity index (χ4n) is 2.23. The number of halogens is 2. The van der Waals surface area contributed by atoms with Crippen molar-refractivity contribution in [2.24, 2.45) is 0 Å².